The van der Waals surface area contributed by atoms with Crippen LogP contribution in [0.5, 0.6) is 0 Å². The number of imidazole rings is 1. The highest BCUT2D eigenvalue weighted by atomic mass is 15.0. The lowest BCUT2D eigenvalue weighted by molar-refractivity contribution is 1.03. The number of rotatable bonds is 0. The Hall–Kier alpha value is -1.71. The van der Waals surface area contributed by atoms with Crippen molar-refractivity contribution in [1.29, 1.82) is 0 Å². The molecule has 0 aliphatic carbocycles. The lowest BCUT2D eigenvalue weighted by Gasteiger charge is -2.12. The summed E-state index contributed by atoms with van der Waals surface area (Å²) in [5, 5.41) is 2.88. The normalized spacial score (nSPS) is 15.3. The van der Waals surface area contributed by atoms with Crippen LogP contribution in [-0.2, 0) is 0 Å². The number of hydrogen-bond acceptors (Lipinski definition) is 3. The topological polar surface area (TPSA) is 66.7 Å². The van der Waals surface area contributed by atoms with Crippen molar-refractivity contribution in [2.45, 2.75) is 0 Å². The van der Waals surface area contributed by atoms with Gasteiger partial charge in [-0.05, 0) is 0 Å². The smallest absolute Gasteiger partial charge is 0.111 e. The maximum absolute atomic E-state index is 5.54. The van der Waals surface area contributed by atoms with Crippen molar-refractivity contribution in [3.05, 3.63) is 30.1 Å². The van der Waals surface area contributed by atoms with E-state index in [1.807, 2.05) is 0 Å². The van der Waals surface area contributed by atoms with Gasteiger partial charge in [-0.15, -0.1) is 0 Å². The lowest BCUT2D eigenvalue weighted by Crippen LogP contribution is -2.21. The minimum Gasteiger partial charge on any atom is -0.385 e. The molecule has 0 unspecified atom stereocenters. The standard InChI is InChI=1S/C7H8N4/c1-4-7-5(9-3-10-7)2-6(8)11-4/h2-3,11H,1,8H2,(H,9,10). The molecule has 1 aromatic rings. The van der Waals surface area contributed by atoms with Crippen LogP contribution >= 0.6 is 0 Å². The maximum Gasteiger partial charge on any atom is 0.111 e. The van der Waals surface area contributed by atoms with Crippen LogP contribution in [0, 0.1) is 0 Å². The predicted molar refractivity (Wildman–Crippen MR) is 42.9 cm³/mol. The van der Waals surface area contributed by atoms with Gasteiger partial charge in [0.05, 0.1) is 17.7 Å². The van der Waals surface area contributed by atoms with E-state index in [4.69, 9.17) is 5.73 Å². The van der Waals surface area contributed by atoms with Gasteiger partial charge >= 0.3 is 0 Å². The van der Waals surface area contributed by atoms with Gasteiger partial charge in [0.2, 0.25) is 0 Å². The first kappa shape index (κ1) is 6.03. The third-order valence-electron chi connectivity index (χ3n) is 1.55. The van der Waals surface area contributed by atoms with Crippen LogP contribution < -0.4 is 11.1 Å². The molecule has 0 aromatic carbocycles. The molecule has 2 heterocycles. The average Bonchev–Trinajstić information content (AvgIpc) is 2.34. The first-order valence-corrected chi connectivity index (χ1v) is 3.24. The summed E-state index contributed by atoms with van der Waals surface area (Å²) in [7, 11) is 0. The second-order valence-electron chi connectivity index (χ2n) is 2.37. The Labute approximate surface area is 63.8 Å². The fraction of sp³-hybridized carbons (Fsp3) is 0. The van der Waals surface area contributed by atoms with Crippen molar-refractivity contribution >= 4 is 11.8 Å². The molecular weight excluding hydrogens is 140 g/mol. The summed E-state index contributed by atoms with van der Waals surface area (Å²) in [6.07, 6.45) is 3.41. The number of aromatic amines is 1. The molecule has 0 bridgehead atoms. The van der Waals surface area contributed by atoms with Crippen molar-refractivity contribution in [2.75, 3.05) is 0 Å². The summed E-state index contributed by atoms with van der Waals surface area (Å²) in [6, 6.07) is 0. The zero-order chi connectivity index (χ0) is 7.84. The summed E-state index contributed by atoms with van der Waals surface area (Å²) in [6.45, 7) is 3.76. The first-order chi connectivity index (χ1) is 5.27. The third-order valence-corrected chi connectivity index (χ3v) is 1.55. The van der Waals surface area contributed by atoms with Crippen molar-refractivity contribution in [3.63, 3.8) is 0 Å². The molecule has 4 nitrogen and oxygen atoms in total. The fourth-order valence-electron chi connectivity index (χ4n) is 1.08. The van der Waals surface area contributed by atoms with Gasteiger partial charge in [-0.25, -0.2) is 4.98 Å². The quantitative estimate of drug-likeness (QED) is 0.493. The van der Waals surface area contributed by atoms with E-state index in [0.29, 0.717) is 5.82 Å². The van der Waals surface area contributed by atoms with Crippen LogP contribution in [0.4, 0.5) is 0 Å². The molecule has 0 radical (unpaired) electrons. The van der Waals surface area contributed by atoms with Crippen LogP contribution in [0.3, 0.4) is 0 Å². The van der Waals surface area contributed by atoms with Crippen LogP contribution in [0.1, 0.15) is 11.4 Å². The van der Waals surface area contributed by atoms with E-state index in [-0.39, 0.29) is 0 Å². The second kappa shape index (κ2) is 1.88. The number of nitrogens with one attached hydrogen (secondary N) is 2. The van der Waals surface area contributed by atoms with Gasteiger partial charge in [-0.3, -0.25) is 0 Å². The number of fused-ring (bicyclic) bond motifs is 1. The summed E-state index contributed by atoms with van der Waals surface area (Å²) in [5.41, 5.74) is 8.02. The fourth-order valence-corrected chi connectivity index (χ4v) is 1.08. The van der Waals surface area contributed by atoms with Gasteiger partial charge in [-0.2, -0.15) is 0 Å². The van der Waals surface area contributed by atoms with Crippen molar-refractivity contribution in [2.24, 2.45) is 5.73 Å². The highest BCUT2D eigenvalue weighted by Gasteiger charge is 2.12. The molecule has 56 valence electrons. The summed E-state index contributed by atoms with van der Waals surface area (Å²) in [5.74, 6) is 0.590. The summed E-state index contributed by atoms with van der Waals surface area (Å²) < 4.78 is 0. The Kier molecular flexibility index (Phi) is 1.03. The number of hydrogen-bond donors (Lipinski definition) is 3. The zero-order valence-electron chi connectivity index (χ0n) is 5.89. The van der Waals surface area contributed by atoms with E-state index in [2.05, 4.69) is 21.9 Å². The van der Waals surface area contributed by atoms with E-state index in [1.165, 1.54) is 0 Å². The minimum absolute atomic E-state index is 0.590. The molecule has 0 saturated carbocycles. The molecule has 1 aromatic heterocycles. The third kappa shape index (κ3) is 0.797. The molecule has 1 aliphatic rings. The Morgan fingerprint density at radius 2 is 2.36 bits per heavy atom. The Morgan fingerprint density at radius 1 is 1.55 bits per heavy atom. The van der Waals surface area contributed by atoms with Gasteiger partial charge < -0.3 is 16.0 Å². The van der Waals surface area contributed by atoms with E-state index < -0.39 is 0 Å². The molecule has 0 amide bonds. The van der Waals surface area contributed by atoms with Gasteiger partial charge in [0, 0.05) is 6.08 Å². The first-order valence-electron chi connectivity index (χ1n) is 3.24. The van der Waals surface area contributed by atoms with Crippen LogP contribution in [0.25, 0.3) is 11.8 Å². The van der Waals surface area contributed by atoms with Crippen molar-refractivity contribution < 1.29 is 0 Å². The maximum atomic E-state index is 5.54. The molecular formula is C7H8N4. The number of H-pyrrole nitrogens is 1. The molecule has 0 atom stereocenters. The van der Waals surface area contributed by atoms with Crippen molar-refractivity contribution in [1.82, 2.24) is 15.3 Å². The second-order valence-corrected chi connectivity index (χ2v) is 2.37. The van der Waals surface area contributed by atoms with Gasteiger partial charge in [0.15, 0.2) is 0 Å². The van der Waals surface area contributed by atoms with Crippen LogP contribution in [0.2, 0.25) is 0 Å². The highest BCUT2D eigenvalue weighted by Crippen LogP contribution is 2.17. The monoisotopic (exact) mass is 148 g/mol. The molecule has 0 spiro atoms. The zero-order valence-corrected chi connectivity index (χ0v) is 5.89. The Balaban J connectivity index is 2.60. The number of nitrogens with two attached hydrogens (primary N) is 1. The molecule has 11 heavy (non-hydrogen) atoms. The summed E-state index contributed by atoms with van der Waals surface area (Å²) >= 11 is 0. The molecule has 4 N–H and O–H groups in total. The number of aromatic nitrogens is 2. The molecule has 0 saturated heterocycles. The van der Waals surface area contributed by atoms with Crippen LogP contribution in [0.15, 0.2) is 18.7 Å². The predicted octanol–water partition coefficient (Wildman–Crippen LogP) is 0.241. The molecule has 4 heteroatoms. The van der Waals surface area contributed by atoms with E-state index >= 15 is 0 Å². The lowest BCUT2D eigenvalue weighted by atomic mass is 10.2. The van der Waals surface area contributed by atoms with Gasteiger partial charge in [-0.1, -0.05) is 6.58 Å². The molecule has 1 aliphatic heterocycles. The minimum atomic E-state index is 0.590. The van der Waals surface area contributed by atoms with Gasteiger partial charge in [0.25, 0.3) is 0 Å². The van der Waals surface area contributed by atoms with E-state index in [1.54, 1.807) is 12.4 Å². The SMILES string of the molecule is C=C1NC(N)=Cc2[nH]cnc21. The van der Waals surface area contributed by atoms with E-state index in [9.17, 15) is 0 Å². The van der Waals surface area contributed by atoms with E-state index in [0.717, 1.165) is 17.1 Å². The Morgan fingerprint density at radius 3 is 3.18 bits per heavy atom. The van der Waals surface area contributed by atoms with Gasteiger partial charge in [0.1, 0.15) is 11.5 Å². The number of nitrogens with zero attached hydrogens (tertiary/aromatic N) is 1. The molecule has 2 rings (SSSR count). The largest absolute Gasteiger partial charge is 0.385 e. The highest BCUT2D eigenvalue weighted by molar-refractivity contribution is 5.73. The Bertz CT molecular complexity index is 334. The van der Waals surface area contributed by atoms with Crippen LogP contribution in [-0.4, -0.2) is 9.97 Å². The summed E-state index contributed by atoms with van der Waals surface area (Å²) in [4.78, 5) is 7.00. The molecule has 0 fully saturated rings. The van der Waals surface area contributed by atoms with Crippen molar-refractivity contribution in [3.8, 4) is 0 Å². The average molecular weight is 148 g/mol.